The minimum Gasteiger partial charge on any atom is -0.357 e. The molecule has 0 amide bonds. The summed E-state index contributed by atoms with van der Waals surface area (Å²) in [5.74, 6) is 0.791. The van der Waals surface area contributed by atoms with Crippen LogP contribution in [0.25, 0.3) is 0 Å². The van der Waals surface area contributed by atoms with Crippen LogP contribution in [0.2, 0.25) is 0 Å². The zero-order valence-electron chi connectivity index (χ0n) is 11.9. The quantitative estimate of drug-likeness (QED) is 0.784. The third-order valence-corrected chi connectivity index (χ3v) is 3.51. The van der Waals surface area contributed by atoms with Crippen molar-refractivity contribution in [2.45, 2.75) is 26.4 Å². The molecule has 6 nitrogen and oxygen atoms in total. The average molecular weight is 286 g/mol. The van der Waals surface area contributed by atoms with Crippen molar-refractivity contribution in [2.24, 2.45) is 0 Å². The molecule has 108 valence electrons. The highest BCUT2D eigenvalue weighted by Crippen LogP contribution is 2.07. The van der Waals surface area contributed by atoms with E-state index in [4.69, 9.17) is 0 Å². The molecule has 0 saturated heterocycles. The summed E-state index contributed by atoms with van der Waals surface area (Å²) < 4.78 is 22.2. The number of nitrogens with one attached hydrogen (secondary N) is 1. The van der Waals surface area contributed by atoms with E-state index in [2.05, 4.69) is 29.4 Å². The molecule has 0 fully saturated rings. The Kier molecular flexibility index (Phi) is 5.68. The molecular weight excluding hydrogens is 264 g/mol. The second-order valence-electron chi connectivity index (χ2n) is 4.97. The van der Waals surface area contributed by atoms with Gasteiger partial charge in [0, 0.05) is 32.4 Å². The number of sulfone groups is 1. The molecule has 0 aliphatic rings. The standard InChI is InChI=1S/C12H22N4O2S/c1-10(2)13-9-11-5-6-12(15-14-11)16(3)7-8-19(4,17)18/h5-6,10,13H,7-9H2,1-4H3. The smallest absolute Gasteiger partial charge is 0.151 e. The van der Waals surface area contributed by atoms with Crippen LogP contribution in [-0.2, 0) is 16.4 Å². The molecular formula is C12H22N4O2S. The van der Waals surface area contributed by atoms with Gasteiger partial charge in [-0.1, -0.05) is 13.8 Å². The molecule has 0 saturated carbocycles. The van der Waals surface area contributed by atoms with Gasteiger partial charge in [-0.25, -0.2) is 8.42 Å². The van der Waals surface area contributed by atoms with Crippen molar-refractivity contribution in [3.8, 4) is 0 Å². The van der Waals surface area contributed by atoms with Crippen molar-refractivity contribution in [1.29, 1.82) is 0 Å². The molecule has 1 rings (SSSR count). The van der Waals surface area contributed by atoms with Gasteiger partial charge in [-0.3, -0.25) is 0 Å². The van der Waals surface area contributed by atoms with Gasteiger partial charge < -0.3 is 10.2 Å². The molecule has 1 aromatic heterocycles. The minimum atomic E-state index is -2.95. The van der Waals surface area contributed by atoms with E-state index >= 15 is 0 Å². The second-order valence-corrected chi connectivity index (χ2v) is 7.23. The topological polar surface area (TPSA) is 75.2 Å². The summed E-state index contributed by atoms with van der Waals surface area (Å²) in [5.41, 5.74) is 0.869. The molecule has 0 aliphatic carbocycles. The van der Waals surface area contributed by atoms with Crippen LogP contribution in [0.3, 0.4) is 0 Å². The largest absolute Gasteiger partial charge is 0.357 e. The Hall–Kier alpha value is -1.21. The SMILES string of the molecule is CC(C)NCc1ccc(N(C)CCS(C)(=O)=O)nn1. The summed E-state index contributed by atoms with van der Waals surface area (Å²) in [4.78, 5) is 1.79. The highest BCUT2D eigenvalue weighted by molar-refractivity contribution is 7.90. The molecule has 1 heterocycles. The van der Waals surface area contributed by atoms with Crippen LogP contribution < -0.4 is 10.2 Å². The molecule has 0 atom stereocenters. The number of aromatic nitrogens is 2. The van der Waals surface area contributed by atoms with E-state index in [1.807, 2.05) is 12.1 Å². The van der Waals surface area contributed by atoms with Gasteiger partial charge in [-0.2, -0.15) is 5.10 Å². The third kappa shape index (κ3) is 6.49. The van der Waals surface area contributed by atoms with Gasteiger partial charge in [0.15, 0.2) is 5.82 Å². The Morgan fingerprint density at radius 2 is 2.00 bits per heavy atom. The Labute approximate surface area is 115 Å². The predicted octanol–water partition coefficient (Wildman–Crippen LogP) is 0.455. The van der Waals surface area contributed by atoms with Crippen molar-refractivity contribution < 1.29 is 8.42 Å². The van der Waals surface area contributed by atoms with Crippen molar-refractivity contribution >= 4 is 15.7 Å². The number of hydrogen-bond acceptors (Lipinski definition) is 6. The fourth-order valence-corrected chi connectivity index (χ4v) is 1.98. The number of hydrogen-bond donors (Lipinski definition) is 1. The fraction of sp³-hybridized carbons (Fsp3) is 0.667. The minimum absolute atomic E-state index is 0.113. The molecule has 0 radical (unpaired) electrons. The van der Waals surface area contributed by atoms with Crippen molar-refractivity contribution in [1.82, 2.24) is 15.5 Å². The van der Waals surface area contributed by atoms with Gasteiger partial charge in [-0.15, -0.1) is 5.10 Å². The number of nitrogens with zero attached hydrogens (tertiary/aromatic N) is 3. The summed E-state index contributed by atoms with van der Waals surface area (Å²) in [5, 5.41) is 11.5. The first-order valence-corrected chi connectivity index (χ1v) is 8.29. The first kappa shape index (κ1) is 15.8. The molecule has 0 aliphatic heterocycles. The monoisotopic (exact) mass is 286 g/mol. The maximum Gasteiger partial charge on any atom is 0.151 e. The maximum atomic E-state index is 11.1. The van der Waals surface area contributed by atoms with E-state index in [1.165, 1.54) is 6.26 Å². The summed E-state index contributed by atoms with van der Waals surface area (Å²) in [7, 11) is -1.15. The zero-order chi connectivity index (χ0) is 14.5. The lowest BCUT2D eigenvalue weighted by Crippen LogP contribution is -2.26. The van der Waals surface area contributed by atoms with Crippen LogP contribution >= 0.6 is 0 Å². The lowest BCUT2D eigenvalue weighted by molar-refractivity contribution is 0.577. The Bertz CT molecular complexity index is 485. The number of rotatable bonds is 7. The van der Waals surface area contributed by atoms with Gasteiger partial charge >= 0.3 is 0 Å². The van der Waals surface area contributed by atoms with Gasteiger partial charge in [0.25, 0.3) is 0 Å². The summed E-state index contributed by atoms with van der Waals surface area (Å²) in [6.45, 7) is 5.23. The van der Waals surface area contributed by atoms with Crippen LogP contribution in [0.1, 0.15) is 19.5 Å². The first-order valence-electron chi connectivity index (χ1n) is 6.23. The van der Waals surface area contributed by atoms with Crippen LogP contribution in [0.15, 0.2) is 12.1 Å². The van der Waals surface area contributed by atoms with E-state index in [0.29, 0.717) is 24.9 Å². The Morgan fingerprint density at radius 1 is 1.32 bits per heavy atom. The second kappa shape index (κ2) is 6.81. The predicted molar refractivity (Wildman–Crippen MR) is 77.0 cm³/mol. The van der Waals surface area contributed by atoms with E-state index in [1.54, 1.807) is 11.9 Å². The van der Waals surface area contributed by atoms with Gasteiger partial charge in [0.1, 0.15) is 9.84 Å². The zero-order valence-corrected chi connectivity index (χ0v) is 12.7. The highest BCUT2D eigenvalue weighted by Gasteiger charge is 2.08. The molecule has 1 N–H and O–H groups in total. The Morgan fingerprint density at radius 3 is 2.47 bits per heavy atom. The van der Waals surface area contributed by atoms with Gasteiger partial charge in [-0.05, 0) is 12.1 Å². The van der Waals surface area contributed by atoms with Crippen LogP contribution in [0.5, 0.6) is 0 Å². The maximum absolute atomic E-state index is 11.1. The summed E-state index contributed by atoms with van der Waals surface area (Å²) >= 11 is 0. The van der Waals surface area contributed by atoms with Gasteiger partial charge in [0.05, 0.1) is 11.4 Å². The first-order chi connectivity index (χ1) is 8.78. The molecule has 19 heavy (non-hydrogen) atoms. The fourth-order valence-electron chi connectivity index (χ4n) is 1.38. The summed E-state index contributed by atoms with van der Waals surface area (Å²) in [6, 6.07) is 4.15. The van der Waals surface area contributed by atoms with Crippen LogP contribution in [0.4, 0.5) is 5.82 Å². The van der Waals surface area contributed by atoms with E-state index in [-0.39, 0.29) is 5.75 Å². The van der Waals surface area contributed by atoms with Crippen molar-refractivity contribution in [2.75, 3.05) is 30.5 Å². The Balaban J connectivity index is 2.55. The lowest BCUT2D eigenvalue weighted by Gasteiger charge is -2.17. The van der Waals surface area contributed by atoms with Crippen molar-refractivity contribution in [3.05, 3.63) is 17.8 Å². The highest BCUT2D eigenvalue weighted by atomic mass is 32.2. The van der Waals surface area contributed by atoms with E-state index in [9.17, 15) is 8.42 Å². The van der Waals surface area contributed by atoms with E-state index < -0.39 is 9.84 Å². The molecule has 7 heteroatoms. The molecule has 0 bridgehead atoms. The van der Waals surface area contributed by atoms with E-state index in [0.717, 1.165) is 5.69 Å². The lowest BCUT2D eigenvalue weighted by atomic mass is 10.3. The third-order valence-electron chi connectivity index (χ3n) is 2.59. The molecule has 1 aromatic rings. The molecule has 0 unspecified atom stereocenters. The number of anilines is 1. The average Bonchev–Trinajstić information content (AvgIpc) is 2.33. The summed E-state index contributed by atoms with van der Waals surface area (Å²) in [6.07, 6.45) is 1.23. The normalized spacial score (nSPS) is 11.8. The van der Waals surface area contributed by atoms with Crippen LogP contribution in [0, 0.1) is 0 Å². The van der Waals surface area contributed by atoms with Gasteiger partial charge in [0.2, 0.25) is 0 Å². The molecule has 0 spiro atoms. The molecule has 0 aromatic carbocycles. The van der Waals surface area contributed by atoms with Crippen molar-refractivity contribution in [3.63, 3.8) is 0 Å². The van der Waals surface area contributed by atoms with Crippen LogP contribution in [-0.4, -0.2) is 50.3 Å².